The summed E-state index contributed by atoms with van der Waals surface area (Å²) in [5, 5.41) is 1.85. The van der Waals surface area contributed by atoms with E-state index in [9.17, 15) is 0 Å². The minimum absolute atomic E-state index is 0.0237. The summed E-state index contributed by atoms with van der Waals surface area (Å²) in [5.41, 5.74) is 0.0237. The summed E-state index contributed by atoms with van der Waals surface area (Å²) in [6.45, 7) is 6.32. The summed E-state index contributed by atoms with van der Waals surface area (Å²) >= 11 is 0. The first-order valence-corrected chi connectivity index (χ1v) is 4.47. The van der Waals surface area contributed by atoms with Crippen LogP contribution in [0.1, 0.15) is 20.8 Å². The third-order valence-electron chi connectivity index (χ3n) is 1.93. The summed E-state index contributed by atoms with van der Waals surface area (Å²) in [5.74, 6) is 0.875. The molecule has 0 bridgehead atoms. The molecule has 0 radical (unpaired) electrons. The standard InChI is InChI=1S/C11H17NO/c1-11(2,3)12(4)13-10-8-6-5-7-9-10/h5-9H,1-4H3. The van der Waals surface area contributed by atoms with Gasteiger partial charge < -0.3 is 4.84 Å². The van der Waals surface area contributed by atoms with Gasteiger partial charge in [-0.1, -0.05) is 18.2 Å². The molecule has 1 rings (SSSR count). The van der Waals surface area contributed by atoms with Crippen LogP contribution in [-0.4, -0.2) is 17.6 Å². The summed E-state index contributed by atoms with van der Waals surface area (Å²) in [7, 11) is 1.94. The van der Waals surface area contributed by atoms with Crippen molar-refractivity contribution in [3.8, 4) is 5.75 Å². The van der Waals surface area contributed by atoms with Crippen LogP contribution in [0.2, 0.25) is 0 Å². The fourth-order valence-corrected chi connectivity index (χ4v) is 0.776. The highest BCUT2D eigenvalue weighted by atomic mass is 16.7. The van der Waals surface area contributed by atoms with E-state index in [2.05, 4.69) is 20.8 Å². The lowest BCUT2D eigenvalue weighted by atomic mass is 10.1. The number of nitrogens with zero attached hydrogens (tertiary/aromatic N) is 1. The van der Waals surface area contributed by atoms with Gasteiger partial charge in [-0.05, 0) is 32.9 Å². The van der Waals surface area contributed by atoms with Crippen LogP contribution in [0, 0.1) is 0 Å². The van der Waals surface area contributed by atoms with E-state index in [4.69, 9.17) is 4.84 Å². The molecule has 0 saturated heterocycles. The highest BCUT2D eigenvalue weighted by molar-refractivity contribution is 5.20. The van der Waals surface area contributed by atoms with Crippen molar-refractivity contribution in [2.24, 2.45) is 0 Å². The van der Waals surface area contributed by atoms with Crippen molar-refractivity contribution in [1.29, 1.82) is 0 Å². The van der Waals surface area contributed by atoms with Gasteiger partial charge in [-0.3, -0.25) is 0 Å². The van der Waals surface area contributed by atoms with Crippen LogP contribution in [-0.2, 0) is 0 Å². The molecule has 0 unspecified atom stereocenters. The second-order valence-corrected chi connectivity index (χ2v) is 4.07. The lowest BCUT2D eigenvalue weighted by molar-refractivity contribution is -0.102. The minimum Gasteiger partial charge on any atom is -0.406 e. The van der Waals surface area contributed by atoms with E-state index in [-0.39, 0.29) is 5.54 Å². The fraction of sp³-hybridized carbons (Fsp3) is 0.455. The summed E-state index contributed by atoms with van der Waals surface area (Å²) < 4.78 is 0. The maximum absolute atomic E-state index is 5.61. The van der Waals surface area contributed by atoms with Crippen molar-refractivity contribution < 1.29 is 4.84 Å². The highest BCUT2D eigenvalue weighted by Crippen LogP contribution is 2.16. The molecule has 0 spiro atoms. The Bertz CT molecular complexity index is 251. The molecule has 0 aliphatic heterocycles. The topological polar surface area (TPSA) is 12.5 Å². The lowest BCUT2D eigenvalue weighted by Gasteiger charge is -2.30. The second-order valence-electron chi connectivity index (χ2n) is 4.07. The van der Waals surface area contributed by atoms with Crippen molar-refractivity contribution in [2.45, 2.75) is 26.3 Å². The van der Waals surface area contributed by atoms with Gasteiger partial charge in [0, 0.05) is 12.6 Å². The number of hydrogen-bond acceptors (Lipinski definition) is 2. The van der Waals surface area contributed by atoms with E-state index in [1.807, 2.05) is 42.4 Å². The first kappa shape index (κ1) is 10.1. The van der Waals surface area contributed by atoms with Crippen LogP contribution < -0.4 is 4.84 Å². The SMILES string of the molecule is CN(Oc1ccccc1)C(C)(C)C. The molecule has 0 aliphatic carbocycles. The average molecular weight is 179 g/mol. The molecule has 2 nitrogen and oxygen atoms in total. The highest BCUT2D eigenvalue weighted by Gasteiger charge is 2.18. The average Bonchev–Trinajstić information content (AvgIpc) is 2.04. The molecule has 1 aromatic carbocycles. The van der Waals surface area contributed by atoms with Gasteiger partial charge in [-0.2, -0.15) is 0 Å². The van der Waals surface area contributed by atoms with Gasteiger partial charge in [0.05, 0.1) is 0 Å². The van der Waals surface area contributed by atoms with E-state index < -0.39 is 0 Å². The van der Waals surface area contributed by atoms with Crippen molar-refractivity contribution in [2.75, 3.05) is 7.05 Å². The number of hydrogen-bond donors (Lipinski definition) is 0. The van der Waals surface area contributed by atoms with Crippen LogP contribution in [0.4, 0.5) is 0 Å². The monoisotopic (exact) mass is 179 g/mol. The Morgan fingerprint density at radius 3 is 2.08 bits per heavy atom. The predicted molar refractivity (Wildman–Crippen MR) is 54.6 cm³/mol. The minimum atomic E-state index is 0.0237. The van der Waals surface area contributed by atoms with E-state index in [0.717, 1.165) is 5.75 Å². The van der Waals surface area contributed by atoms with Gasteiger partial charge in [0.15, 0.2) is 0 Å². The molecule has 0 heterocycles. The molecule has 0 aliphatic rings. The second kappa shape index (κ2) is 3.79. The molecule has 13 heavy (non-hydrogen) atoms. The smallest absolute Gasteiger partial charge is 0.147 e. The summed E-state index contributed by atoms with van der Waals surface area (Å²) in [6, 6.07) is 9.80. The maximum Gasteiger partial charge on any atom is 0.147 e. The molecule has 0 amide bonds. The maximum atomic E-state index is 5.61. The summed E-state index contributed by atoms with van der Waals surface area (Å²) in [6.07, 6.45) is 0. The molecule has 0 fully saturated rings. The van der Waals surface area contributed by atoms with Gasteiger partial charge in [0.25, 0.3) is 0 Å². The first-order chi connectivity index (χ1) is 6.00. The largest absolute Gasteiger partial charge is 0.406 e. The van der Waals surface area contributed by atoms with Crippen molar-refractivity contribution in [3.05, 3.63) is 30.3 Å². The Labute approximate surface area is 80.1 Å². The van der Waals surface area contributed by atoms with Gasteiger partial charge in [0.2, 0.25) is 0 Å². The lowest BCUT2D eigenvalue weighted by Crippen LogP contribution is -2.40. The van der Waals surface area contributed by atoms with Crippen LogP contribution in [0.5, 0.6) is 5.75 Å². The van der Waals surface area contributed by atoms with E-state index in [1.165, 1.54) is 0 Å². The Morgan fingerprint density at radius 2 is 1.62 bits per heavy atom. The zero-order valence-electron chi connectivity index (χ0n) is 8.74. The van der Waals surface area contributed by atoms with E-state index in [0.29, 0.717) is 0 Å². The molecule has 0 N–H and O–H groups in total. The van der Waals surface area contributed by atoms with Crippen molar-refractivity contribution in [1.82, 2.24) is 5.06 Å². The molecule has 1 aromatic rings. The van der Waals surface area contributed by atoms with Crippen LogP contribution in [0.15, 0.2) is 30.3 Å². The zero-order valence-corrected chi connectivity index (χ0v) is 8.74. The molecular weight excluding hydrogens is 162 g/mol. The molecule has 0 aromatic heterocycles. The van der Waals surface area contributed by atoms with Crippen LogP contribution in [0.25, 0.3) is 0 Å². The Kier molecular flexibility index (Phi) is 2.94. The van der Waals surface area contributed by atoms with Crippen molar-refractivity contribution >= 4 is 0 Å². The van der Waals surface area contributed by atoms with E-state index >= 15 is 0 Å². The fourth-order valence-electron chi connectivity index (χ4n) is 0.776. The third-order valence-corrected chi connectivity index (χ3v) is 1.93. The van der Waals surface area contributed by atoms with Crippen LogP contribution >= 0.6 is 0 Å². The number of benzene rings is 1. The number of hydroxylamine groups is 2. The summed E-state index contributed by atoms with van der Waals surface area (Å²) in [4.78, 5) is 5.61. The Hall–Kier alpha value is -1.02. The third kappa shape index (κ3) is 3.07. The number of rotatable bonds is 2. The zero-order chi connectivity index (χ0) is 9.90. The first-order valence-electron chi connectivity index (χ1n) is 4.47. The normalized spacial score (nSPS) is 11.8. The van der Waals surface area contributed by atoms with Gasteiger partial charge in [-0.25, -0.2) is 0 Å². The predicted octanol–water partition coefficient (Wildman–Crippen LogP) is 2.71. The molecule has 0 atom stereocenters. The quantitative estimate of drug-likeness (QED) is 0.647. The molecule has 0 saturated carbocycles. The van der Waals surface area contributed by atoms with Crippen LogP contribution in [0.3, 0.4) is 0 Å². The van der Waals surface area contributed by atoms with Gasteiger partial charge >= 0.3 is 0 Å². The Balaban J connectivity index is 2.61. The molecule has 2 heteroatoms. The number of para-hydroxylation sites is 1. The Morgan fingerprint density at radius 1 is 1.08 bits per heavy atom. The molecule has 72 valence electrons. The van der Waals surface area contributed by atoms with E-state index in [1.54, 1.807) is 0 Å². The van der Waals surface area contributed by atoms with Crippen molar-refractivity contribution in [3.63, 3.8) is 0 Å². The molecular formula is C11H17NO. The van der Waals surface area contributed by atoms with Gasteiger partial charge in [-0.15, -0.1) is 5.06 Å². The van der Waals surface area contributed by atoms with Gasteiger partial charge in [0.1, 0.15) is 5.75 Å².